The number of ether oxygens (including phenoxy) is 1. The number of aromatic hydroxyl groups is 1. The van der Waals surface area contributed by atoms with Gasteiger partial charge >= 0.3 is 0 Å². The molecule has 0 bridgehead atoms. The second-order valence-electron chi connectivity index (χ2n) is 7.21. The molecule has 0 aliphatic carbocycles. The first-order valence-electron chi connectivity index (χ1n) is 9.35. The number of hydrogen-bond donors (Lipinski definition) is 6. The molecule has 152 valence electrons. The highest BCUT2D eigenvalue weighted by molar-refractivity contribution is 5.57. The molecular weight excluding hydrogens is 362 g/mol. The predicted molar refractivity (Wildman–Crippen MR) is 104 cm³/mol. The van der Waals surface area contributed by atoms with Crippen molar-refractivity contribution < 1.29 is 30.3 Å². The Morgan fingerprint density at radius 1 is 0.964 bits per heavy atom. The second kappa shape index (κ2) is 8.46. The number of phenolic OH excluding ortho intramolecular Hbond substituents is 1. The van der Waals surface area contributed by atoms with E-state index in [4.69, 9.17) is 10.5 Å². The standard InChI is InChI=1S/C21H27NO6/c1-2-11-3-5-12(6-4-11)7-13-8-14(16(24)9-15(13)22)21-20(27)19(26)18(25)17(10-23)28-21/h3-6,8-9,17-21,23-27H,2,7,10,22H2,1H3/t17-,18-,19+,20-,21+/m1/s1. The van der Waals surface area contributed by atoms with Crippen LogP contribution >= 0.6 is 0 Å². The van der Waals surface area contributed by atoms with E-state index < -0.39 is 37.1 Å². The van der Waals surface area contributed by atoms with E-state index in [0.717, 1.165) is 17.5 Å². The van der Waals surface area contributed by atoms with E-state index in [1.807, 2.05) is 24.3 Å². The highest BCUT2D eigenvalue weighted by Gasteiger charge is 2.44. The van der Waals surface area contributed by atoms with E-state index in [9.17, 15) is 25.5 Å². The summed E-state index contributed by atoms with van der Waals surface area (Å²) < 4.78 is 5.56. The molecule has 7 nitrogen and oxygen atoms in total. The number of hydrogen-bond acceptors (Lipinski definition) is 7. The summed E-state index contributed by atoms with van der Waals surface area (Å²) in [5, 5.41) is 50.1. The number of anilines is 1. The molecule has 5 atom stereocenters. The molecule has 0 radical (unpaired) electrons. The topological polar surface area (TPSA) is 136 Å². The normalized spacial score (nSPS) is 27.7. The van der Waals surface area contributed by atoms with Crippen LogP contribution in [0.1, 0.15) is 35.3 Å². The average molecular weight is 389 g/mol. The molecule has 1 aliphatic heterocycles. The van der Waals surface area contributed by atoms with Crippen LogP contribution in [0.15, 0.2) is 36.4 Å². The third-order valence-corrected chi connectivity index (χ3v) is 5.31. The molecule has 0 amide bonds. The molecule has 0 aromatic heterocycles. The highest BCUT2D eigenvalue weighted by Crippen LogP contribution is 2.38. The first-order valence-corrected chi connectivity index (χ1v) is 9.35. The fourth-order valence-corrected chi connectivity index (χ4v) is 3.52. The lowest BCUT2D eigenvalue weighted by molar-refractivity contribution is -0.232. The molecule has 7 N–H and O–H groups in total. The van der Waals surface area contributed by atoms with Gasteiger partial charge in [0.1, 0.15) is 36.3 Å². The van der Waals surface area contributed by atoms with Crippen LogP contribution in [0.2, 0.25) is 0 Å². The van der Waals surface area contributed by atoms with Crippen molar-refractivity contribution in [3.8, 4) is 5.75 Å². The Hall–Kier alpha value is -2.16. The van der Waals surface area contributed by atoms with Crippen LogP contribution in [0.4, 0.5) is 5.69 Å². The van der Waals surface area contributed by atoms with Crippen molar-refractivity contribution in [2.75, 3.05) is 12.3 Å². The Morgan fingerprint density at radius 2 is 1.61 bits per heavy atom. The smallest absolute Gasteiger partial charge is 0.123 e. The Labute approximate surface area is 163 Å². The van der Waals surface area contributed by atoms with Crippen LogP contribution < -0.4 is 5.73 Å². The summed E-state index contributed by atoms with van der Waals surface area (Å²) in [6.07, 6.45) is -5.14. The highest BCUT2D eigenvalue weighted by atomic mass is 16.5. The molecule has 0 saturated carbocycles. The third kappa shape index (κ3) is 3.99. The quantitative estimate of drug-likeness (QED) is 0.413. The minimum atomic E-state index is -1.52. The van der Waals surface area contributed by atoms with Crippen LogP contribution in [0.25, 0.3) is 0 Å². The van der Waals surface area contributed by atoms with Crippen molar-refractivity contribution in [2.45, 2.75) is 50.3 Å². The van der Waals surface area contributed by atoms with E-state index in [1.54, 1.807) is 6.07 Å². The summed E-state index contributed by atoms with van der Waals surface area (Å²) in [5.74, 6) is -0.188. The second-order valence-corrected chi connectivity index (χ2v) is 7.21. The van der Waals surface area contributed by atoms with E-state index in [2.05, 4.69) is 6.92 Å². The first kappa shape index (κ1) is 20.6. The van der Waals surface area contributed by atoms with Gasteiger partial charge in [0.25, 0.3) is 0 Å². The molecule has 7 heteroatoms. The van der Waals surface area contributed by atoms with Gasteiger partial charge in [0, 0.05) is 17.3 Å². The van der Waals surface area contributed by atoms with Gasteiger partial charge in [-0.3, -0.25) is 0 Å². The third-order valence-electron chi connectivity index (χ3n) is 5.31. The van der Waals surface area contributed by atoms with E-state index in [-0.39, 0.29) is 11.3 Å². The Bertz CT molecular complexity index is 807. The molecule has 1 heterocycles. The molecule has 1 saturated heterocycles. The average Bonchev–Trinajstić information content (AvgIpc) is 2.69. The van der Waals surface area contributed by atoms with Gasteiger partial charge in [0.15, 0.2) is 0 Å². The van der Waals surface area contributed by atoms with Crippen molar-refractivity contribution in [1.29, 1.82) is 0 Å². The SMILES string of the molecule is CCc1ccc(Cc2cc([C@@H]3O[C@H](CO)[C@@H](O)[C@H](O)[C@H]3O)c(O)cc2N)cc1. The molecule has 1 fully saturated rings. The maximum Gasteiger partial charge on any atom is 0.123 e. The van der Waals surface area contributed by atoms with Crippen LogP contribution in [0.5, 0.6) is 5.75 Å². The Kier molecular flexibility index (Phi) is 6.22. The van der Waals surface area contributed by atoms with Crippen LogP contribution in [0, 0.1) is 0 Å². The van der Waals surface area contributed by atoms with Gasteiger partial charge in [-0.15, -0.1) is 0 Å². The van der Waals surface area contributed by atoms with Crippen LogP contribution in [-0.2, 0) is 17.6 Å². The molecule has 28 heavy (non-hydrogen) atoms. The molecule has 2 aromatic rings. The molecule has 2 aromatic carbocycles. The van der Waals surface area contributed by atoms with Crippen molar-refractivity contribution in [3.63, 3.8) is 0 Å². The minimum absolute atomic E-state index is 0.188. The number of rotatable bonds is 5. The summed E-state index contributed by atoms with van der Waals surface area (Å²) >= 11 is 0. The van der Waals surface area contributed by atoms with Gasteiger partial charge in [-0.25, -0.2) is 0 Å². The first-order chi connectivity index (χ1) is 13.3. The van der Waals surface area contributed by atoms with Crippen molar-refractivity contribution in [2.24, 2.45) is 0 Å². The van der Waals surface area contributed by atoms with Crippen LogP contribution in [-0.4, -0.2) is 56.6 Å². The summed E-state index contributed by atoms with van der Waals surface area (Å²) in [4.78, 5) is 0. The zero-order valence-electron chi connectivity index (χ0n) is 15.7. The monoisotopic (exact) mass is 389 g/mol. The lowest BCUT2D eigenvalue weighted by Gasteiger charge is -2.40. The number of phenols is 1. The number of nitrogens with two attached hydrogens (primary N) is 1. The molecular formula is C21H27NO6. The molecule has 0 spiro atoms. The largest absolute Gasteiger partial charge is 0.507 e. The molecule has 0 unspecified atom stereocenters. The fourth-order valence-electron chi connectivity index (χ4n) is 3.52. The van der Waals surface area contributed by atoms with E-state index in [0.29, 0.717) is 12.1 Å². The molecule has 3 rings (SSSR count). The lowest BCUT2D eigenvalue weighted by Crippen LogP contribution is -2.55. The fraction of sp³-hybridized carbons (Fsp3) is 0.429. The maximum atomic E-state index is 10.4. The van der Waals surface area contributed by atoms with Gasteiger partial charge in [-0.1, -0.05) is 31.2 Å². The number of aryl methyl sites for hydroxylation is 1. The van der Waals surface area contributed by atoms with Gasteiger partial charge in [0.05, 0.1) is 6.61 Å². The molecule has 1 aliphatic rings. The number of aliphatic hydroxyl groups excluding tert-OH is 4. The summed E-state index contributed by atoms with van der Waals surface area (Å²) in [6.45, 7) is 1.55. The predicted octanol–water partition coefficient (Wildman–Crippen LogP) is 0.642. The van der Waals surface area contributed by atoms with Gasteiger partial charge in [0.2, 0.25) is 0 Å². The van der Waals surface area contributed by atoms with Crippen molar-refractivity contribution in [1.82, 2.24) is 0 Å². The van der Waals surface area contributed by atoms with Gasteiger partial charge in [-0.2, -0.15) is 0 Å². The van der Waals surface area contributed by atoms with Crippen molar-refractivity contribution in [3.05, 3.63) is 58.7 Å². The number of aliphatic hydroxyl groups is 4. The zero-order valence-corrected chi connectivity index (χ0v) is 15.7. The Balaban J connectivity index is 1.92. The lowest BCUT2D eigenvalue weighted by atomic mass is 9.89. The zero-order chi connectivity index (χ0) is 20.4. The van der Waals surface area contributed by atoms with Crippen molar-refractivity contribution >= 4 is 5.69 Å². The summed E-state index contributed by atoms with van der Waals surface area (Å²) in [5.41, 5.74) is 9.70. The van der Waals surface area contributed by atoms with E-state index in [1.165, 1.54) is 11.6 Å². The Morgan fingerprint density at radius 3 is 2.21 bits per heavy atom. The summed E-state index contributed by atoms with van der Waals surface area (Å²) in [7, 11) is 0. The van der Waals surface area contributed by atoms with Gasteiger partial charge in [-0.05, 0) is 35.6 Å². The van der Waals surface area contributed by atoms with Gasteiger partial charge < -0.3 is 36.0 Å². The number of nitrogen functional groups attached to an aromatic ring is 1. The number of benzene rings is 2. The minimum Gasteiger partial charge on any atom is -0.507 e. The summed E-state index contributed by atoms with van der Waals surface area (Å²) in [6, 6.07) is 11.1. The van der Waals surface area contributed by atoms with E-state index >= 15 is 0 Å². The van der Waals surface area contributed by atoms with Crippen LogP contribution in [0.3, 0.4) is 0 Å². The maximum absolute atomic E-state index is 10.4.